The predicted molar refractivity (Wildman–Crippen MR) is 107 cm³/mol. The molecule has 0 spiro atoms. The van der Waals surface area contributed by atoms with Gasteiger partial charge in [-0.05, 0) is 31.0 Å². The largest absolute Gasteiger partial charge is 0.351 e. The molecule has 0 unspecified atom stereocenters. The molecule has 1 aliphatic rings. The molecule has 2 aromatic heterocycles. The van der Waals surface area contributed by atoms with E-state index in [2.05, 4.69) is 39.0 Å². The number of rotatable bonds is 5. The van der Waals surface area contributed by atoms with Crippen LogP contribution in [-0.2, 0) is 4.79 Å². The Morgan fingerprint density at radius 2 is 1.90 bits per heavy atom. The Kier molecular flexibility index (Phi) is 5.37. The van der Waals surface area contributed by atoms with Crippen LogP contribution >= 0.6 is 0 Å². The van der Waals surface area contributed by atoms with Gasteiger partial charge in [-0.3, -0.25) is 4.79 Å². The quantitative estimate of drug-likeness (QED) is 0.658. The fourth-order valence-electron chi connectivity index (χ4n) is 3.78. The summed E-state index contributed by atoms with van der Waals surface area (Å²) < 4.78 is 15.1. The molecular weight excluding hydrogens is 373 g/mol. The van der Waals surface area contributed by atoms with Gasteiger partial charge in [0.05, 0.1) is 5.69 Å². The number of benzene rings is 1. The third-order valence-electron chi connectivity index (χ3n) is 5.50. The normalized spacial score (nSPS) is 14.8. The minimum absolute atomic E-state index is 0.0958. The second kappa shape index (κ2) is 8.10. The summed E-state index contributed by atoms with van der Waals surface area (Å²) >= 11 is 0. The van der Waals surface area contributed by atoms with E-state index in [1.54, 1.807) is 12.1 Å². The Balaban J connectivity index is 1.56. The highest BCUT2D eigenvalue weighted by Crippen LogP contribution is 2.24. The molecule has 8 nitrogen and oxygen atoms in total. The number of aromatic nitrogens is 5. The Bertz CT molecular complexity index is 1010. The molecule has 1 saturated heterocycles. The number of anilines is 1. The van der Waals surface area contributed by atoms with Crippen LogP contribution in [0, 0.1) is 11.7 Å². The first kappa shape index (κ1) is 19.2. The maximum Gasteiger partial charge on any atom is 0.225 e. The van der Waals surface area contributed by atoms with Crippen LogP contribution in [-0.4, -0.2) is 61.9 Å². The fourth-order valence-corrected chi connectivity index (χ4v) is 3.78. The maximum absolute atomic E-state index is 13.6. The van der Waals surface area contributed by atoms with Crippen LogP contribution in [0.3, 0.4) is 0 Å². The molecule has 1 aliphatic heterocycles. The average molecular weight is 397 g/mol. The number of hydrogen-bond acceptors (Lipinski definition) is 6. The van der Waals surface area contributed by atoms with Gasteiger partial charge in [0.2, 0.25) is 5.91 Å². The Labute approximate surface area is 168 Å². The van der Waals surface area contributed by atoms with Crippen molar-refractivity contribution in [1.82, 2.24) is 29.9 Å². The Hall–Kier alpha value is -3.10. The van der Waals surface area contributed by atoms with Crippen molar-refractivity contribution in [2.45, 2.75) is 26.7 Å². The van der Waals surface area contributed by atoms with Crippen molar-refractivity contribution in [2.75, 3.05) is 31.1 Å². The summed E-state index contributed by atoms with van der Waals surface area (Å²) in [6, 6.07) is 6.14. The summed E-state index contributed by atoms with van der Waals surface area (Å²) in [4.78, 5) is 25.4. The Morgan fingerprint density at radius 1 is 1.14 bits per heavy atom. The molecule has 0 N–H and O–H groups in total. The third kappa shape index (κ3) is 3.64. The summed E-state index contributed by atoms with van der Waals surface area (Å²) in [6.45, 7) is 6.76. The van der Waals surface area contributed by atoms with E-state index < -0.39 is 0 Å². The van der Waals surface area contributed by atoms with Gasteiger partial charge in [0, 0.05) is 32.1 Å². The minimum Gasteiger partial charge on any atom is -0.351 e. The van der Waals surface area contributed by atoms with Crippen molar-refractivity contribution >= 4 is 22.9 Å². The zero-order valence-electron chi connectivity index (χ0n) is 16.6. The van der Waals surface area contributed by atoms with Crippen LogP contribution in [0.4, 0.5) is 10.2 Å². The van der Waals surface area contributed by atoms with Crippen molar-refractivity contribution in [3.8, 4) is 5.69 Å². The zero-order valence-corrected chi connectivity index (χ0v) is 16.6. The van der Waals surface area contributed by atoms with Crippen LogP contribution < -0.4 is 4.90 Å². The second-order valence-electron chi connectivity index (χ2n) is 7.18. The number of piperazine rings is 1. The van der Waals surface area contributed by atoms with Crippen LogP contribution in [0.5, 0.6) is 0 Å². The molecule has 9 heteroatoms. The van der Waals surface area contributed by atoms with E-state index in [9.17, 15) is 9.18 Å². The third-order valence-corrected chi connectivity index (χ3v) is 5.50. The van der Waals surface area contributed by atoms with Crippen molar-refractivity contribution in [2.24, 2.45) is 5.92 Å². The van der Waals surface area contributed by atoms with Gasteiger partial charge in [0.25, 0.3) is 0 Å². The SMILES string of the molecule is CCC(CC)C(=O)N1CCN(c2ncnc3c2nnn3-c2cccc(F)c2)CC1. The lowest BCUT2D eigenvalue weighted by Gasteiger charge is -2.36. The number of hydrogen-bond donors (Lipinski definition) is 0. The topological polar surface area (TPSA) is 80.0 Å². The van der Waals surface area contributed by atoms with Crippen LogP contribution in [0.15, 0.2) is 30.6 Å². The zero-order chi connectivity index (χ0) is 20.4. The lowest BCUT2D eigenvalue weighted by molar-refractivity contribution is -0.136. The molecule has 3 aromatic rings. The first-order chi connectivity index (χ1) is 14.1. The van der Waals surface area contributed by atoms with Crippen LogP contribution in [0.2, 0.25) is 0 Å². The lowest BCUT2D eigenvalue weighted by Crippen LogP contribution is -2.50. The summed E-state index contributed by atoms with van der Waals surface area (Å²) in [5, 5.41) is 8.41. The van der Waals surface area contributed by atoms with Gasteiger partial charge in [-0.25, -0.2) is 14.4 Å². The minimum atomic E-state index is -0.348. The van der Waals surface area contributed by atoms with E-state index in [0.29, 0.717) is 48.8 Å². The van der Waals surface area contributed by atoms with Gasteiger partial charge >= 0.3 is 0 Å². The van der Waals surface area contributed by atoms with Crippen molar-refractivity contribution < 1.29 is 9.18 Å². The van der Waals surface area contributed by atoms with E-state index in [1.807, 2.05) is 4.90 Å². The monoisotopic (exact) mass is 397 g/mol. The number of fused-ring (bicyclic) bond motifs is 1. The number of halogens is 1. The van der Waals surface area contributed by atoms with E-state index in [1.165, 1.54) is 23.1 Å². The average Bonchev–Trinajstić information content (AvgIpc) is 3.19. The molecule has 1 amide bonds. The summed E-state index contributed by atoms with van der Waals surface area (Å²) in [5.41, 5.74) is 1.64. The first-order valence-electron chi connectivity index (χ1n) is 9.98. The summed E-state index contributed by atoms with van der Waals surface area (Å²) in [6.07, 6.45) is 3.20. The number of carbonyl (C=O) groups is 1. The Morgan fingerprint density at radius 3 is 2.59 bits per heavy atom. The predicted octanol–water partition coefficient (Wildman–Crippen LogP) is 2.43. The highest BCUT2D eigenvalue weighted by Gasteiger charge is 2.27. The van der Waals surface area contributed by atoms with E-state index in [-0.39, 0.29) is 17.6 Å². The summed E-state index contributed by atoms with van der Waals surface area (Å²) in [5.74, 6) is 0.670. The number of carbonyl (C=O) groups excluding carboxylic acids is 1. The molecule has 3 heterocycles. The molecule has 0 bridgehead atoms. The second-order valence-corrected chi connectivity index (χ2v) is 7.18. The van der Waals surface area contributed by atoms with Crippen molar-refractivity contribution in [3.05, 3.63) is 36.4 Å². The molecule has 0 radical (unpaired) electrons. The van der Waals surface area contributed by atoms with Gasteiger partial charge in [-0.15, -0.1) is 5.10 Å². The standard InChI is InChI=1S/C20H24FN7O/c1-3-14(4-2)20(29)27-10-8-26(9-11-27)18-17-19(23-13-22-18)28(25-24-17)16-7-5-6-15(21)12-16/h5-7,12-14H,3-4,8-11H2,1-2H3. The smallest absolute Gasteiger partial charge is 0.225 e. The van der Waals surface area contributed by atoms with Crippen molar-refractivity contribution in [1.29, 1.82) is 0 Å². The molecule has 29 heavy (non-hydrogen) atoms. The van der Waals surface area contributed by atoms with Gasteiger partial charge < -0.3 is 9.80 Å². The van der Waals surface area contributed by atoms with E-state index in [4.69, 9.17) is 0 Å². The fraction of sp³-hybridized carbons (Fsp3) is 0.450. The van der Waals surface area contributed by atoms with Gasteiger partial charge in [0.1, 0.15) is 12.1 Å². The van der Waals surface area contributed by atoms with Gasteiger partial charge in [0.15, 0.2) is 17.0 Å². The molecule has 1 aromatic carbocycles. The van der Waals surface area contributed by atoms with Gasteiger partial charge in [-0.2, -0.15) is 4.68 Å². The highest BCUT2D eigenvalue weighted by molar-refractivity contribution is 5.84. The van der Waals surface area contributed by atoms with E-state index >= 15 is 0 Å². The van der Waals surface area contributed by atoms with Crippen LogP contribution in [0.1, 0.15) is 26.7 Å². The molecule has 1 fully saturated rings. The molecular formula is C20H24FN7O. The summed E-state index contributed by atoms with van der Waals surface area (Å²) in [7, 11) is 0. The highest BCUT2D eigenvalue weighted by atomic mass is 19.1. The van der Waals surface area contributed by atoms with Crippen LogP contribution in [0.25, 0.3) is 16.9 Å². The first-order valence-corrected chi connectivity index (χ1v) is 9.98. The van der Waals surface area contributed by atoms with Crippen molar-refractivity contribution in [3.63, 3.8) is 0 Å². The molecule has 0 atom stereocenters. The van der Waals surface area contributed by atoms with E-state index in [0.717, 1.165) is 12.8 Å². The molecule has 152 valence electrons. The lowest BCUT2D eigenvalue weighted by atomic mass is 10.0. The number of nitrogens with zero attached hydrogens (tertiary/aromatic N) is 7. The maximum atomic E-state index is 13.6. The number of amides is 1. The van der Waals surface area contributed by atoms with Gasteiger partial charge in [-0.1, -0.05) is 25.1 Å². The molecule has 4 rings (SSSR count). The molecule has 0 saturated carbocycles. The molecule has 0 aliphatic carbocycles.